The molecule has 2 aromatic carbocycles. The van der Waals surface area contributed by atoms with E-state index in [0.29, 0.717) is 17.5 Å². The number of allylic oxidation sites excluding steroid dienone is 2. The van der Waals surface area contributed by atoms with Crippen LogP contribution in [0.2, 0.25) is 0 Å². The third-order valence-corrected chi connectivity index (χ3v) is 3.65. The Balaban J connectivity index is 1.97. The van der Waals surface area contributed by atoms with E-state index in [2.05, 4.69) is 5.32 Å². The lowest BCUT2D eigenvalue weighted by Gasteiger charge is -2.25. The first-order chi connectivity index (χ1) is 10.1. The fourth-order valence-corrected chi connectivity index (χ4v) is 2.47. The molecule has 0 radical (unpaired) electrons. The van der Waals surface area contributed by atoms with E-state index < -0.39 is 5.54 Å². The number of nitrogens with one attached hydrogen (secondary N) is 1. The molecular formula is C17H16N2O2. The van der Waals surface area contributed by atoms with Gasteiger partial charge in [0.2, 0.25) is 5.91 Å². The molecule has 106 valence electrons. The minimum Gasteiger partial charge on any atom is -0.507 e. The van der Waals surface area contributed by atoms with Crippen molar-refractivity contribution in [3.05, 3.63) is 60.7 Å². The lowest BCUT2D eigenvalue weighted by atomic mass is 9.91. The minimum atomic E-state index is -1.05. The van der Waals surface area contributed by atoms with Crippen LogP contribution in [0.5, 0.6) is 5.75 Å². The Bertz CT molecular complexity index is 759. The van der Waals surface area contributed by atoms with E-state index in [0.717, 1.165) is 5.39 Å². The van der Waals surface area contributed by atoms with Crippen molar-refractivity contribution in [3.63, 3.8) is 0 Å². The monoisotopic (exact) mass is 280 g/mol. The number of phenols is 1. The maximum absolute atomic E-state index is 12.4. The van der Waals surface area contributed by atoms with Crippen LogP contribution in [0, 0.1) is 0 Å². The molecule has 4 N–H and O–H groups in total. The van der Waals surface area contributed by atoms with Gasteiger partial charge in [-0.05, 0) is 23.9 Å². The standard InChI is InChI=1S/C17H16N2O2/c18-17(10-2-1-3-11-17)16(21)19-13-8-4-6-12-7-5-9-14(20)15(12)13/h1-10,20H,11,18H2,(H,19,21). The van der Waals surface area contributed by atoms with Crippen LogP contribution in [0.25, 0.3) is 10.8 Å². The molecule has 2 aromatic rings. The number of carbonyl (C=O) groups excluding carboxylic acids is 1. The molecule has 0 saturated heterocycles. The molecular weight excluding hydrogens is 264 g/mol. The number of benzene rings is 2. The van der Waals surface area contributed by atoms with Gasteiger partial charge < -0.3 is 16.2 Å². The highest BCUT2D eigenvalue weighted by atomic mass is 16.3. The summed E-state index contributed by atoms with van der Waals surface area (Å²) in [7, 11) is 0. The average Bonchev–Trinajstić information content (AvgIpc) is 2.48. The number of phenolic OH excluding ortho intramolecular Hbond substituents is 1. The maximum atomic E-state index is 12.4. The van der Waals surface area contributed by atoms with Gasteiger partial charge in [0.25, 0.3) is 0 Å². The number of nitrogens with two attached hydrogens (primary N) is 1. The first-order valence-electron chi connectivity index (χ1n) is 6.75. The summed E-state index contributed by atoms with van der Waals surface area (Å²) in [5, 5.41) is 14.3. The summed E-state index contributed by atoms with van der Waals surface area (Å²) in [5.74, 6) is -0.160. The van der Waals surface area contributed by atoms with Crippen LogP contribution in [-0.4, -0.2) is 16.6 Å². The van der Waals surface area contributed by atoms with E-state index >= 15 is 0 Å². The van der Waals surface area contributed by atoms with E-state index in [4.69, 9.17) is 5.73 Å². The molecule has 0 bridgehead atoms. The van der Waals surface area contributed by atoms with Gasteiger partial charge >= 0.3 is 0 Å². The van der Waals surface area contributed by atoms with E-state index in [1.54, 1.807) is 30.4 Å². The van der Waals surface area contributed by atoms with Crippen molar-refractivity contribution in [2.24, 2.45) is 5.73 Å². The molecule has 4 heteroatoms. The van der Waals surface area contributed by atoms with Gasteiger partial charge in [-0.1, -0.05) is 48.6 Å². The van der Waals surface area contributed by atoms with E-state index in [9.17, 15) is 9.90 Å². The molecule has 3 rings (SSSR count). The molecule has 0 heterocycles. The van der Waals surface area contributed by atoms with Gasteiger partial charge in [-0.2, -0.15) is 0 Å². The maximum Gasteiger partial charge on any atom is 0.248 e. The number of hydrogen-bond acceptors (Lipinski definition) is 3. The predicted molar refractivity (Wildman–Crippen MR) is 84.1 cm³/mol. The molecule has 0 saturated carbocycles. The number of anilines is 1. The Morgan fingerprint density at radius 1 is 1.19 bits per heavy atom. The summed E-state index contributed by atoms with van der Waals surface area (Å²) >= 11 is 0. The zero-order chi connectivity index (χ0) is 14.9. The van der Waals surface area contributed by atoms with Crippen LogP contribution in [0.15, 0.2) is 60.7 Å². The summed E-state index contributed by atoms with van der Waals surface area (Å²) in [4.78, 5) is 12.4. The van der Waals surface area contributed by atoms with E-state index in [-0.39, 0.29) is 11.7 Å². The zero-order valence-corrected chi connectivity index (χ0v) is 11.4. The quantitative estimate of drug-likeness (QED) is 0.791. The van der Waals surface area contributed by atoms with E-state index in [1.807, 2.05) is 30.4 Å². The zero-order valence-electron chi connectivity index (χ0n) is 11.4. The highest BCUT2D eigenvalue weighted by Crippen LogP contribution is 2.32. The van der Waals surface area contributed by atoms with Crippen molar-refractivity contribution >= 4 is 22.4 Å². The second kappa shape index (κ2) is 5.07. The first kappa shape index (κ1) is 13.4. The minimum absolute atomic E-state index is 0.133. The van der Waals surface area contributed by atoms with Crippen LogP contribution in [0.3, 0.4) is 0 Å². The van der Waals surface area contributed by atoms with Crippen molar-refractivity contribution in [1.82, 2.24) is 0 Å². The van der Waals surface area contributed by atoms with Crippen LogP contribution < -0.4 is 11.1 Å². The number of rotatable bonds is 2. The van der Waals surface area contributed by atoms with Gasteiger partial charge in [0.1, 0.15) is 11.3 Å². The van der Waals surface area contributed by atoms with Crippen molar-refractivity contribution in [1.29, 1.82) is 0 Å². The summed E-state index contributed by atoms with van der Waals surface area (Å²) in [6.45, 7) is 0. The van der Waals surface area contributed by atoms with Crippen LogP contribution in [0.4, 0.5) is 5.69 Å². The molecule has 0 aromatic heterocycles. The van der Waals surface area contributed by atoms with Gasteiger partial charge in [0.15, 0.2) is 0 Å². The van der Waals surface area contributed by atoms with E-state index in [1.165, 1.54) is 0 Å². The third kappa shape index (κ3) is 2.41. The Morgan fingerprint density at radius 3 is 2.67 bits per heavy atom. The molecule has 4 nitrogen and oxygen atoms in total. The number of hydrogen-bond donors (Lipinski definition) is 3. The fourth-order valence-electron chi connectivity index (χ4n) is 2.47. The molecule has 0 aliphatic heterocycles. The molecule has 1 amide bonds. The predicted octanol–water partition coefficient (Wildman–Crippen LogP) is 2.70. The van der Waals surface area contributed by atoms with Crippen LogP contribution >= 0.6 is 0 Å². The average molecular weight is 280 g/mol. The molecule has 21 heavy (non-hydrogen) atoms. The summed E-state index contributed by atoms with van der Waals surface area (Å²) in [6.07, 6.45) is 7.63. The number of amides is 1. The first-order valence-corrected chi connectivity index (χ1v) is 6.75. The van der Waals surface area contributed by atoms with Crippen LogP contribution in [0.1, 0.15) is 6.42 Å². The number of fused-ring (bicyclic) bond motifs is 1. The van der Waals surface area contributed by atoms with Gasteiger partial charge in [-0.3, -0.25) is 4.79 Å². The number of carbonyl (C=O) groups is 1. The summed E-state index contributed by atoms with van der Waals surface area (Å²) < 4.78 is 0. The molecule has 0 spiro atoms. The van der Waals surface area contributed by atoms with Crippen molar-refractivity contribution < 1.29 is 9.90 Å². The van der Waals surface area contributed by atoms with Gasteiger partial charge in [-0.25, -0.2) is 0 Å². The van der Waals surface area contributed by atoms with Gasteiger partial charge in [0.05, 0.1) is 5.69 Å². The molecule has 1 aliphatic carbocycles. The Kier molecular flexibility index (Phi) is 3.23. The van der Waals surface area contributed by atoms with Crippen LogP contribution in [-0.2, 0) is 4.79 Å². The van der Waals surface area contributed by atoms with Gasteiger partial charge in [0, 0.05) is 5.39 Å². The lowest BCUT2D eigenvalue weighted by Crippen LogP contribution is -2.49. The Labute approximate surface area is 122 Å². The highest BCUT2D eigenvalue weighted by Gasteiger charge is 2.31. The Morgan fingerprint density at radius 2 is 1.95 bits per heavy atom. The topological polar surface area (TPSA) is 75.4 Å². The van der Waals surface area contributed by atoms with Crippen molar-refractivity contribution in [2.45, 2.75) is 12.0 Å². The fraction of sp³-hybridized carbons (Fsp3) is 0.118. The SMILES string of the molecule is NC1(C(=O)Nc2cccc3cccc(O)c23)C=CC=CC1. The van der Waals surface area contributed by atoms with Crippen molar-refractivity contribution in [3.8, 4) is 5.75 Å². The third-order valence-electron chi connectivity index (χ3n) is 3.65. The molecule has 1 unspecified atom stereocenters. The summed E-state index contributed by atoms with van der Waals surface area (Å²) in [5.41, 5.74) is 5.62. The number of aromatic hydroxyl groups is 1. The molecule has 1 aliphatic rings. The second-order valence-electron chi connectivity index (χ2n) is 5.17. The smallest absolute Gasteiger partial charge is 0.248 e. The van der Waals surface area contributed by atoms with Crippen molar-refractivity contribution in [2.75, 3.05) is 5.32 Å². The highest BCUT2D eigenvalue weighted by molar-refractivity contribution is 6.08. The Hall–Kier alpha value is -2.59. The van der Waals surface area contributed by atoms with Gasteiger partial charge in [-0.15, -0.1) is 0 Å². The summed E-state index contributed by atoms with van der Waals surface area (Å²) in [6, 6.07) is 10.7. The molecule has 0 fully saturated rings. The lowest BCUT2D eigenvalue weighted by molar-refractivity contribution is -0.119. The normalized spacial score (nSPS) is 20.6. The second-order valence-corrected chi connectivity index (χ2v) is 5.17. The molecule has 1 atom stereocenters. The largest absolute Gasteiger partial charge is 0.507 e.